The van der Waals surface area contributed by atoms with Crippen LogP contribution in [0.2, 0.25) is 0 Å². The molecule has 0 unspecified atom stereocenters. The third-order valence-corrected chi connectivity index (χ3v) is 4.70. The van der Waals surface area contributed by atoms with Gasteiger partial charge in [0.05, 0.1) is 13.2 Å². The zero-order chi connectivity index (χ0) is 18.1. The van der Waals surface area contributed by atoms with Gasteiger partial charge >= 0.3 is 14.2 Å². The van der Waals surface area contributed by atoms with Crippen LogP contribution >= 0.6 is 0 Å². The van der Waals surface area contributed by atoms with Crippen LogP contribution in [0.3, 0.4) is 0 Å². The summed E-state index contributed by atoms with van der Waals surface area (Å²) in [5.74, 6) is 0. The largest absolute Gasteiger partial charge is 0.491 e. The molecule has 0 amide bonds. The molecule has 0 saturated carbocycles. The minimum atomic E-state index is -1.50. The highest BCUT2D eigenvalue weighted by atomic mass is 16.5. The molecule has 0 radical (unpaired) electrons. The quantitative estimate of drug-likeness (QED) is 0.388. The summed E-state index contributed by atoms with van der Waals surface area (Å²) in [4.78, 5) is 0. The molecule has 5 nitrogen and oxygen atoms in total. The first-order valence-corrected chi connectivity index (χ1v) is 8.17. The van der Waals surface area contributed by atoms with Crippen molar-refractivity contribution in [2.75, 3.05) is 13.2 Å². The smallest absolute Gasteiger partial charge is 0.423 e. The van der Waals surface area contributed by atoms with Gasteiger partial charge in [-0.05, 0) is 57.4 Å². The van der Waals surface area contributed by atoms with E-state index in [1.54, 1.807) is 18.2 Å². The maximum absolute atomic E-state index is 10.1. The Hall–Kier alpha value is -1.89. The van der Waals surface area contributed by atoms with Crippen molar-refractivity contribution in [3.63, 3.8) is 0 Å². The summed E-state index contributed by atoms with van der Waals surface area (Å²) in [6.45, 7) is 3.92. The Labute approximate surface area is 146 Å². The first-order chi connectivity index (χ1) is 11.9. The van der Waals surface area contributed by atoms with E-state index in [1.165, 1.54) is 0 Å². The monoisotopic (exact) mass is 338 g/mol. The molecule has 3 rings (SSSR count). The number of hydrogen-bond donors (Lipinski definition) is 4. The second-order valence-corrected chi connectivity index (χ2v) is 6.18. The number of aliphatic hydroxyl groups is 1. The van der Waals surface area contributed by atoms with Crippen LogP contribution in [0.25, 0.3) is 21.5 Å². The first-order valence-electron chi connectivity index (χ1n) is 8.17. The molecule has 0 aliphatic heterocycles. The maximum atomic E-state index is 10.1. The number of benzene rings is 3. The fourth-order valence-electron chi connectivity index (χ4n) is 3.19. The molecule has 3 aromatic rings. The van der Waals surface area contributed by atoms with Crippen molar-refractivity contribution in [1.82, 2.24) is 0 Å². The van der Waals surface area contributed by atoms with Gasteiger partial charge in [-0.2, -0.15) is 0 Å². The summed E-state index contributed by atoms with van der Waals surface area (Å²) < 4.78 is 5.18. The van der Waals surface area contributed by atoms with Crippen molar-refractivity contribution in [2.24, 2.45) is 0 Å². The van der Waals surface area contributed by atoms with E-state index in [9.17, 15) is 15.1 Å². The number of rotatable bonds is 5. The van der Waals surface area contributed by atoms with Crippen LogP contribution in [-0.4, -0.2) is 47.6 Å². The zero-order valence-corrected chi connectivity index (χ0v) is 14.2. The molecule has 0 aromatic heterocycles. The second kappa shape index (κ2) is 7.15. The number of fused-ring (bicyclic) bond motifs is 3. The molecular weight excluding hydrogens is 318 g/mol. The van der Waals surface area contributed by atoms with Gasteiger partial charge in [0.15, 0.2) is 0 Å². The van der Waals surface area contributed by atoms with Gasteiger partial charge in [0.1, 0.15) is 0 Å². The first kappa shape index (κ1) is 17.9. The number of aliphatic hydroxyl groups excluding tert-OH is 1. The molecule has 128 valence electrons. The van der Waals surface area contributed by atoms with Crippen LogP contribution in [0.4, 0.5) is 0 Å². The lowest BCUT2D eigenvalue weighted by atomic mass is 9.76. The highest BCUT2D eigenvalue weighted by Crippen LogP contribution is 2.31. The lowest BCUT2D eigenvalue weighted by Gasteiger charge is -2.15. The molecule has 3 aromatic carbocycles. The van der Waals surface area contributed by atoms with E-state index < -0.39 is 14.2 Å². The average Bonchev–Trinajstić information content (AvgIpc) is 2.63. The summed E-state index contributed by atoms with van der Waals surface area (Å²) in [5, 5.41) is 41.8. The van der Waals surface area contributed by atoms with E-state index in [0.717, 1.165) is 32.7 Å². The average molecular weight is 338 g/mol. The van der Waals surface area contributed by atoms with Gasteiger partial charge in [-0.15, -0.1) is 0 Å². The fourth-order valence-corrected chi connectivity index (χ4v) is 3.19. The SMILES string of the molecule is Cc1c(C)c2cc(B(O)OCCO)ccc2c2ccc(B(O)O)cc12. The fraction of sp³-hybridized carbons (Fsp3) is 0.222. The molecule has 4 N–H and O–H groups in total. The molecule has 25 heavy (non-hydrogen) atoms. The normalized spacial score (nSPS) is 11.3. The van der Waals surface area contributed by atoms with Gasteiger partial charge in [-0.1, -0.05) is 36.4 Å². The van der Waals surface area contributed by atoms with Crippen molar-refractivity contribution in [1.29, 1.82) is 0 Å². The Morgan fingerprint density at radius 2 is 1.32 bits per heavy atom. The molecule has 0 fully saturated rings. The summed E-state index contributed by atoms with van der Waals surface area (Å²) in [6.07, 6.45) is 0. The predicted molar refractivity (Wildman–Crippen MR) is 101 cm³/mol. The van der Waals surface area contributed by atoms with Crippen molar-refractivity contribution in [3.05, 3.63) is 47.5 Å². The summed E-state index contributed by atoms with van der Waals surface area (Å²) in [5.41, 5.74) is 3.19. The molecule has 0 aliphatic carbocycles. The van der Waals surface area contributed by atoms with Crippen LogP contribution in [-0.2, 0) is 4.65 Å². The number of aryl methyl sites for hydroxylation is 2. The van der Waals surface area contributed by atoms with E-state index in [1.807, 2.05) is 32.0 Å². The van der Waals surface area contributed by atoms with Crippen molar-refractivity contribution >= 4 is 46.7 Å². The van der Waals surface area contributed by atoms with Gasteiger partial charge in [-0.3, -0.25) is 0 Å². The highest BCUT2D eigenvalue weighted by molar-refractivity contribution is 6.60. The van der Waals surface area contributed by atoms with Gasteiger partial charge in [0.25, 0.3) is 0 Å². The van der Waals surface area contributed by atoms with Gasteiger partial charge in [0, 0.05) is 0 Å². The van der Waals surface area contributed by atoms with Gasteiger partial charge < -0.3 is 24.8 Å². The van der Waals surface area contributed by atoms with Crippen molar-refractivity contribution < 1.29 is 24.8 Å². The third kappa shape index (κ3) is 3.29. The molecule has 0 aliphatic rings. The van der Waals surface area contributed by atoms with Crippen molar-refractivity contribution in [2.45, 2.75) is 13.8 Å². The zero-order valence-electron chi connectivity index (χ0n) is 14.2. The van der Waals surface area contributed by atoms with E-state index in [4.69, 9.17) is 9.76 Å². The minimum absolute atomic E-state index is 0.0706. The standard InChI is InChI=1S/C18H20B2O5/c1-11-12(2)18-10-14(20(24)25-8-7-21)4-6-16(18)15-5-3-13(19(22)23)9-17(11)15/h3-6,9-10,21-24H,7-8H2,1-2H3. The Bertz CT molecular complexity index is 926. The van der Waals surface area contributed by atoms with E-state index >= 15 is 0 Å². The summed E-state index contributed by atoms with van der Waals surface area (Å²) in [7, 11) is -2.58. The number of hydrogen-bond acceptors (Lipinski definition) is 5. The second-order valence-electron chi connectivity index (χ2n) is 6.18. The highest BCUT2D eigenvalue weighted by Gasteiger charge is 2.19. The van der Waals surface area contributed by atoms with Crippen LogP contribution in [0.15, 0.2) is 36.4 Å². The molecule has 0 spiro atoms. The summed E-state index contributed by atoms with van der Waals surface area (Å²) >= 11 is 0. The molecule has 0 saturated heterocycles. The predicted octanol–water partition coefficient (Wildman–Crippen LogP) is -0.0140. The Morgan fingerprint density at radius 3 is 1.84 bits per heavy atom. The van der Waals surface area contributed by atoms with Crippen LogP contribution in [0, 0.1) is 13.8 Å². The lowest BCUT2D eigenvalue weighted by Crippen LogP contribution is -2.34. The molecule has 0 atom stereocenters. The van der Waals surface area contributed by atoms with Crippen LogP contribution in [0.1, 0.15) is 11.1 Å². The molecular formula is C18H20B2O5. The lowest BCUT2D eigenvalue weighted by molar-refractivity contribution is 0.183. The molecule has 0 heterocycles. The Balaban J connectivity index is 2.20. The Kier molecular flexibility index (Phi) is 5.13. The third-order valence-electron chi connectivity index (χ3n) is 4.70. The molecule has 0 bridgehead atoms. The summed E-state index contributed by atoms with van der Waals surface area (Å²) in [6, 6.07) is 11.0. The molecule has 7 heteroatoms. The van der Waals surface area contributed by atoms with Crippen molar-refractivity contribution in [3.8, 4) is 0 Å². The van der Waals surface area contributed by atoms with E-state index in [2.05, 4.69) is 0 Å². The van der Waals surface area contributed by atoms with E-state index in [0.29, 0.717) is 10.9 Å². The maximum Gasteiger partial charge on any atom is 0.491 e. The van der Waals surface area contributed by atoms with Gasteiger partial charge in [0.2, 0.25) is 0 Å². The van der Waals surface area contributed by atoms with E-state index in [-0.39, 0.29) is 13.2 Å². The van der Waals surface area contributed by atoms with Crippen LogP contribution in [0.5, 0.6) is 0 Å². The minimum Gasteiger partial charge on any atom is -0.423 e. The van der Waals surface area contributed by atoms with Gasteiger partial charge in [-0.25, -0.2) is 0 Å². The van der Waals surface area contributed by atoms with Crippen LogP contribution < -0.4 is 10.9 Å². The Morgan fingerprint density at radius 1 is 0.800 bits per heavy atom. The topological polar surface area (TPSA) is 90.2 Å².